The van der Waals surface area contributed by atoms with Crippen LogP contribution in [0.15, 0.2) is 24.3 Å². The molecule has 1 aromatic carbocycles. The van der Waals surface area contributed by atoms with Crippen LogP contribution in [0.5, 0.6) is 5.75 Å². The van der Waals surface area contributed by atoms with E-state index in [2.05, 4.69) is 0 Å². The van der Waals surface area contributed by atoms with E-state index in [-0.39, 0.29) is 13.2 Å². The fourth-order valence-electron chi connectivity index (χ4n) is 1.06. The molecule has 0 aromatic heterocycles. The molecule has 2 N–H and O–H groups in total. The average Bonchev–Trinajstić information content (AvgIpc) is 2.25. The lowest BCUT2D eigenvalue weighted by Gasteiger charge is -2.06. The molecular weight excluding hydrogens is 232 g/mol. The first-order valence-corrected chi connectivity index (χ1v) is 4.95. The number of carboxylic acid groups (broad SMARTS) is 1. The molecule has 16 heavy (non-hydrogen) atoms. The number of rotatable bonds is 5. The number of hydrogen-bond donors (Lipinski definition) is 2. The molecule has 0 saturated heterocycles. The molecule has 0 radical (unpaired) electrons. The molecule has 0 bridgehead atoms. The summed E-state index contributed by atoms with van der Waals surface area (Å²) in [4.78, 5) is 10.3. The Kier molecular flexibility index (Phi) is 4.82. The summed E-state index contributed by atoms with van der Waals surface area (Å²) in [5.74, 6) is -0.556. The number of aliphatic carboxylic acids is 1. The molecule has 0 fully saturated rings. The van der Waals surface area contributed by atoms with Crippen molar-refractivity contribution in [2.24, 2.45) is 0 Å². The van der Waals surface area contributed by atoms with E-state index in [9.17, 15) is 4.79 Å². The van der Waals surface area contributed by atoms with Crippen LogP contribution >= 0.6 is 11.6 Å². The summed E-state index contributed by atoms with van der Waals surface area (Å²) in [6, 6.07) is 4.89. The van der Waals surface area contributed by atoms with Gasteiger partial charge in [-0.15, -0.1) is 0 Å². The summed E-state index contributed by atoms with van der Waals surface area (Å²) >= 11 is 5.89. The first kappa shape index (κ1) is 12.5. The molecule has 0 saturated carbocycles. The number of benzene rings is 1. The van der Waals surface area contributed by atoms with Gasteiger partial charge in [0, 0.05) is 6.08 Å². The second kappa shape index (κ2) is 6.15. The Hall–Kier alpha value is -1.52. The van der Waals surface area contributed by atoms with Gasteiger partial charge in [-0.2, -0.15) is 0 Å². The molecule has 4 nitrogen and oxygen atoms in total. The van der Waals surface area contributed by atoms with Crippen LogP contribution in [0.3, 0.4) is 0 Å². The Bertz CT molecular complexity index is 401. The van der Waals surface area contributed by atoms with Crippen LogP contribution in [0.1, 0.15) is 5.56 Å². The lowest BCUT2D eigenvalue weighted by atomic mass is 10.2. The van der Waals surface area contributed by atoms with Crippen LogP contribution in [0.4, 0.5) is 0 Å². The highest BCUT2D eigenvalue weighted by atomic mass is 35.5. The van der Waals surface area contributed by atoms with E-state index >= 15 is 0 Å². The molecule has 0 heterocycles. The van der Waals surface area contributed by atoms with Crippen LogP contribution in [0.2, 0.25) is 5.02 Å². The highest BCUT2D eigenvalue weighted by Crippen LogP contribution is 2.25. The normalized spacial score (nSPS) is 10.6. The van der Waals surface area contributed by atoms with Gasteiger partial charge in [-0.05, 0) is 23.8 Å². The largest absolute Gasteiger partial charge is 0.490 e. The van der Waals surface area contributed by atoms with E-state index in [1.807, 2.05) is 0 Å². The van der Waals surface area contributed by atoms with Crippen molar-refractivity contribution in [2.45, 2.75) is 0 Å². The molecule has 5 heteroatoms. The molecule has 86 valence electrons. The van der Waals surface area contributed by atoms with Gasteiger partial charge in [-0.3, -0.25) is 0 Å². The van der Waals surface area contributed by atoms with Crippen LogP contribution in [-0.2, 0) is 4.79 Å². The van der Waals surface area contributed by atoms with Gasteiger partial charge in [0.1, 0.15) is 12.4 Å². The molecular formula is C11H11ClO4. The van der Waals surface area contributed by atoms with E-state index in [0.717, 1.165) is 6.08 Å². The Morgan fingerprint density at radius 3 is 2.81 bits per heavy atom. The van der Waals surface area contributed by atoms with E-state index in [1.165, 1.54) is 6.08 Å². The maximum Gasteiger partial charge on any atom is 0.328 e. The predicted molar refractivity (Wildman–Crippen MR) is 60.7 cm³/mol. The lowest BCUT2D eigenvalue weighted by Crippen LogP contribution is -2.01. The van der Waals surface area contributed by atoms with Crippen molar-refractivity contribution in [1.82, 2.24) is 0 Å². The third kappa shape index (κ3) is 3.92. The number of ether oxygens (including phenoxy) is 1. The molecule has 0 amide bonds. The summed E-state index contributed by atoms with van der Waals surface area (Å²) in [5, 5.41) is 17.4. The Morgan fingerprint density at radius 1 is 1.50 bits per heavy atom. The van der Waals surface area contributed by atoms with Crippen molar-refractivity contribution >= 4 is 23.6 Å². The van der Waals surface area contributed by atoms with Crippen molar-refractivity contribution in [2.75, 3.05) is 13.2 Å². The first-order valence-electron chi connectivity index (χ1n) is 4.57. The molecule has 0 aliphatic carbocycles. The smallest absolute Gasteiger partial charge is 0.328 e. The minimum Gasteiger partial charge on any atom is -0.490 e. The third-order valence-corrected chi connectivity index (χ3v) is 2.02. The fraction of sp³-hybridized carbons (Fsp3) is 0.182. The molecule has 0 aliphatic rings. The van der Waals surface area contributed by atoms with Gasteiger partial charge >= 0.3 is 5.97 Å². The van der Waals surface area contributed by atoms with E-state index in [4.69, 9.17) is 26.6 Å². The van der Waals surface area contributed by atoms with Crippen molar-refractivity contribution in [3.63, 3.8) is 0 Å². The van der Waals surface area contributed by atoms with Crippen molar-refractivity contribution in [3.8, 4) is 5.75 Å². The van der Waals surface area contributed by atoms with Gasteiger partial charge in [0.05, 0.1) is 11.6 Å². The van der Waals surface area contributed by atoms with Crippen molar-refractivity contribution < 1.29 is 19.7 Å². The molecule has 0 aliphatic heterocycles. The Balaban J connectivity index is 2.78. The van der Waals surface area contributed by atoms with E-state index < -0.39 is 5.97 Å². The maximum absolute atomic E-state index is 10.3. The number of aliphatic hydroxyl groups is 1. The fourth-order valence-corrected chi connectivity index (χ4v) is 1.30. The monoisotopic (exact) mass is 242 g/mol. The first-order chi connectivity index (χ1) is 7.63. The highest BCUT2D eigenvalue weighted by molar-refractivity contribution is 6.32. The summed E-state index contributed by atoms with van der Waals surface area (Å²) in [6.45, 7) is 0.0844. The Morgan fingerprint density at radius 2 is 2.25 bits per heavy atom. The van der Waals surface area contributed by atoms with Gasteiger partial charge in [-0.1, -0.05) is 17.7 Å². The quantitative estimate of drug-likeness (QED) is 0.773. The van der Waals surface area contributed by atoms with Gasteiger partial charge in [0.2, 0.25) is 0 Å². The number of hydrogen-bond acceptors (Lipinski definition) is 3. The SMILES string of the molecule is O=C(O)C=Cc1ccc(OCCO)c(Cl)c1. The minimum atomic E-state index is -1.02. The topological polar surface area (TPSA) is 66.8 Å². The zero-order valence-electron chi connectivity index (χ0n) is 8.39. The van der Waals surface area contributed by atoms with E-state index in [1.54, 1.807) is 18.2 Å². The van der Waals surface area contributed by atoms with Gasteiger partial charge in [-0.25, -0.2) is 4.79 Å². The standard InChI is InChI=1S/C11H11ClO4/c12-9-7-8(2-4-11(14)15)1-3-10(9)16-6-5-13/h1-4,7,13H,5-6H2,(H,14,15). The number of halogens is 1. The second-order valence-corrected chi connectivity index (χ2v) is 3.34. The van der Waals surface area contributed by atoms with Crippen LogP contribution in [-0.4, -0.2) is 29.4 Å². The molecule has 1 rings (SSSR count). The Labute approximate surface area is 97.7 Å². The minimum absolute atomic E-state index is 0.0863. The summed E-state index contributed by atoms with van der Waals surface area (Å²) < 4.78 is 5.14. The van der Waals surface area contributed by atoms with E-state index in [0.29, 0.717) is 16.3 Å². The second-order valence-electron chi connectivity index (χ2n) is 2.93. The van der Waals surface area contributed by atoms with Gasteiger partial charge in [0.15, 0.2) is 0 Å². The summed E-state index contributed by atoms with van der Waals surface area (Å²) in [5.41, 5.74) is 0.670. The average molecular weight is 243 g/mol. The highest BCUT2D eigenvalue weighted by Gasteiger charge is 2.01. The third-order valence-electron chi connectivity index (χ3n) is 1.72. The zero-order valence-corrected chi connectivity index (χ0v) is 9.15. The van der Waals surface area contributed by atoms with Crippen LogP contribution in [0.25, 0.3) is 6.08 Å². The lowest BCUT2D eigenvalue weighted by molar-refractivity contribution is -0.131. The van der Waals surface area contributed by atoms with Crippen LogP contribution in [0, 0.1) is 0 Å². The summed E-state index contributed by atoms with van der Waals surface area (Å²) in [6.07, 6.45) is 2.46. The van der Waals surface area contributed by atoms with Crippen LogP contribution < -0.4 is 4.74 Å². The van der Waals surface area contributed by atoms with Gasteiger partial charge in [0.25, 0.3) is 0 Å². The molecule has 0 spiro atoms. The summed E-state index contributed by atoms with van der Waals surface area (Å²) in [7, 11) is 0. The zero-order chi connectivity index (χ0) is 12.0. The van der Waals surface area contributed by atoms with Gasteiger partial charge < -0.3 is 14.9 Å². The maximum atomic E-state index is 10.3. The number of carboxylic acids is 1. The number of carbonyl (C=O) groups is 1. The van der Waals surface area contributed by atoms with Crippen molar-refractivity contribution in [1.29, 1.82) is 0 Å². The van der Waals surface area contributed by atoms with Crippen molar-refractivity contribution in [3.05, 3.63) is 34.9 Å². The molecule has 0 atom stereocenters. The predicted octanol–water partition coefficient (Wildman–Crippen LogP) is 1.81. The number of aliphatic hydroxyl groups excluding tert-OH is 1. The molecule has 1 aromatic rings. The molecule has 0 unspecified atom stereocenters.